The highest BCUT2D eigenvalue weighted by Crippen LogP contribution is 2.32. The highest BCUT2D eigenvalue weighted by Gasteiger charge is 2.14. The van der Waals surface area contributed by atoms with Crippen molar-refractivity contribution in [1.29, 1.82) is 0 Å². The first-order valence-corrected chi connectivity index (χ1v) is 11.3. The largest absolute Gasteiger partial charge is 0.490 e. The van der Waals surface area contributed by atoms with Gasteiger partial charge in [-0.15, -0.1) is 16.9 Å². The van der Waals surface area contributed by atoms with E-state index in [0.29, 0.717) is 42.6 Å². The van der Waals surface area contributed by atoms with Gasteiger partial charge in [0, 0.05) is 16.9 Å². The molecule has 0 spiro atoms. The molecule has 0 aliphatic heterocycles. The molecule has 3 rings (SSSR count). The maximum Gasteiger partial charge on any atom is 0.322 e. The van der Waals surface area contributed by atoms with Crippen molar-refractivity contribution in [3.8, 4) is 23.0 Å². The molecule has 0 aliphatic carbocycles. The zero-order valence-electron chi connectivity index (χ0n) is 18.0. The SMILES string of the molecule is CCOc1ccc(-c2nnc(NC(=O)CCCSc3ccc(C)cc3)o2)cc1OCC. The van der Waals surface area contributed by atoms with Crippen LogP contribution in [0.3, 0.4) is 0 Å². The van der Waals surface area contributed by atoms with E-state index in [4.69, 9.17) is 13.9 Å². The number of nitrogens with zero attached hydrogens (tertiary/aromatic N) is 2. The maximum absolute atomic E-state index is 12.2. The number of anilines is 1. The average Bonchev–Trinajstić information content (AvgIpc) is 3.22. The summed E-state index contributed by atoms with van der Waals surface area (Å²) in [5, 5.41) is 10.6. The third kappa shape index (κ3) is 6.75. The normalized spacial score (nSPS) is 10.7. The van der Waals surface area contributed by atoms with Gasteiger partial charge in [-0.2, -0.15) is 0 Å². The fraction of sp³-hybridized carbons (Fsp3) is 0.348. The van der Waals surface area contributed by atoms with Gasteiger partial charge in [-0.3, -0.25) is 10.1 Å². The Kier molecular flexibility index (Phi) is 8.35. The maximum atomic E-state index is 12.2. The van der Waals surface area contributed by atoms with Gasteiger partial charge in [0.05, 0.1) is 13.2 Å². The lowest BCUT2D eigenvalue weighted by atomic mass is 10.2. The van der Waals surface area contributed by atoms with Crippen LogP contribution in [-0.2, 0) is 4.79 Å². The van der Waals surface area contributed by atoms with Crippen molar-refractivity contribution in [2.75, 3.05) is 24.3 Å². The summed E-state index contributed by atoms with van der Waals surface area (Å²) in [6, 6.07) is 13.9. The van der Waals surface area contributed by atoms with Crippen LogP contribution in [0.25, 0.3) is 11.5 Å². The van der Waals surface area contributed by atoms with Gasteiger partial charge >= 0.3 is 6.01 Å². The summed E-state index contributed by atoms with van der Waals surface area (Å²) >= 11 is 1.74. The van der Waals surface area contributed by atoms with Crippen molar-refractivity contribution in [2.24, 2.45) is 0 Å². The van der Waals surface area contributed by atoms with Crippen molar-refractivity contribution in [3.05, 3.63) is 48.0 Å². The second-order valence-corrected chi connectivity index (χ2v) is 7.92. The van der Waals surface area contributed by atoms with Crippen LogP contribution in [0.1, 0.15) is 32.3 Å². The van der Waals surface area contributed by atoms with E-state index in [1.165, 1.54) is 10.5 Å². The minimum absolute atomic E-state index is 0.0815. The van der Waals surface area contributed by atoms with E-state index in [1.807, 2.05) is 19.9 Å². The Hall–Kier alpha value is -3.00. The first-order valence-electron chi connectivity index (χ1n) is 10.3. The molecule has 0 radical (unpaired) electrons. The number of nitrogens with one attached hydrogen (secondary N) is 1. The molecule has 0 fully saturated rings. The Labute approximate surface area is 186 Å². The molecule has 1 N–H and O–H groups in total. The van der Waals surface area contributed by atoms with E-state index >= 15 is 0 Å². The summed E-state index contributed by atoms with van der Waals surface area (Å²) in [5.74, 6) is 2.27. The third-order valence-electron chi connectivity index (χ3n) is 4.30. The molecule has 0 saturated heterocycles. The Morgan fingerprint density at radius 3 is 2.52 bits per heavy atom. The number of hydrogen-bond acceptors (Lipinski definition) is 7. The van der Waals surface area contributed by atoms with Crippen LogP contribution >= 0.6 is 11.8 Å². The molecule has 0 atom stereocenters. The molecule has 31 heavy (non-hydrogen) atoms. The second-order valence-electron chi connectivity index (χ2n) is 6.75. The number of amides is 1. The van der Waals surface area contributed by atoms with Gasteiger partial charge in [0.25, 0.3) is 0 Å². The topological polar surface area (TPSA) is 86.5 Å². The van der Waals surface area contributed by atoms with E-state index in [1.54, 1.807) is 23.9 Å². The lowest BCUT2D eigenvalue weighted by Gasteiger charge is -2.11. The van der Waals surface area contributed by atoms with Crippen molar-refractivity contribution in [1.82, 2.24) is 10.2 Å². The standard InChI is InChI=1S/C23H27N3O4S/c1-4-28-19-13-10-17(15-20(19)29-5-2)22-25-26-23(30-22)24-21(27)7-6-14-31-18-11-8-16(3)9-12-18/h8-13,15H,4-7,14H2,1-3H3,(H,24,26,27). The molecule has 164 valence electrons. The van der Waals surface area contributed by atoms with Gasteiger partial charge in [-0.1, -0.05) is 22.8 Å². The number of rotatable bonds is 11. The van der Waals surface area contributed by atoms with E-state index in [-0.39, 0.29) is 11.9 Å². The van der Waals surface area contributed by atoms with E-state index in [0.717, 1.165) is 12.2 Å². The van der Waals surface area contributed by atoms with Gasteiger partial charge in [-0.05, 0) is 63.3 Å². The number of ether oxygens (including phenoxy) is 2. The molecular weight excluding hydrogens is 414 g/mol. The van der Waals surface area contributed by atoms with Crippen LogP contribution in [0, 0.1) is 6.92 Å². The van der Waals surface area contributed by atoms with Crippen LogP contribution in [0.15, 0.2) is 51.8 Å². The minimum atomic E-state index is -0.151. The molecule has 3 aromatic rings. The second kappa shape index (κ2) is 11.4. The number of hydrogen-bond donors (Lipinski definition) is 1. The molecule has 0 unspecified atom stereocenters. The van der Waals surface area contributed by atoms with Crippen molar-refractivity contribution in [2.45, 2.75) is 38.5 Å². The van der Waals surface area contributed by atoms with E-state index < -0.39 is 0 Å². The molecule has 0 bridgehead atoms. The first-order chi connectivity index (χ1) is 15.1. The van der Waals surface area contributed by atoms with Gasteiger partial charge in [-0.25, -0.2) is 0 Å². The number of carbonyl (C=O) groups excluding carboxylic acids is 1. The van der Waals surface area contributed by atoms with Gasteiger partial charge < -0.3 is 13.9 Å². The average molecular weight is 442 g/mol. The number of benzene rings is 2. The quantitative estimate of drug-likeness (QED) is 0.317. The lowest BCUT2D eigenvalue weighted by Crippen LogP contribution is -2.11. The Balaban J connectivity index is 1.51. The summed E-state index contributed by atoms with van der Waals surface area (Å²) < 4.78 is 16.8. The van der Waals surface area contributed by atoms with Crippen LogP contribution < -0.4 is 14.8 Å². The summed E-state index contributed by atoms with van der Waals surface area (Å²) in [6.45, 7) is 6.94. The smallest absolute Gasteiger partial charge is 0.322 e. The molecule has 1 aromatic heterocycles. The van der Waals surface area contributed by atoms with Crippen LogP contribution in [0.5, 0.6) is 11.5 Å². The summed E-state index contributed by atoms with van der Waals surface area (Å²) in [4.78, 5) is 13.4. The predicted octanol–water partition coefficient (Wildman–Crippen LogP) is 5.35. The number of carbonyl (C=O) groups is 1. The Bertz CT molecular complexity index is 989. The van der Waals surface area contributed by atoms with Crippen molar-refractivity contribution in [3.63, 3.8) is 0 Å². The van der Waals surface area contributed by atoms with E-state index in [2.05, 4.69) is 46.7 Å². The number of thioether (sulfide) groups is 1. The van der Waals surface area contributed by atoms with E-state index in [9.17, 15) is 4.79 Å². The highest BCUT2D eigenvalue weighted by atomic mass is 32.2. The predicted molar refractivity (Wildman–Crippen MR) is 122 cm³/mol. The number of aryl methyl sites for hydroxylation is 1. The fourth-order valence-electron chi connectivity index (χ4n) is 2.81. The first kappa shape index (κ1) is 22.7. The number of aromatic nitrogens is 2. The zero-order valence-corrected chi connectivity index (χ0v) is 18.8. The van der Waals surface area contributed by atoms with Gasteiger partial charge in [0.1, 0.15) is 0 Å². The summed E-state index contributed by atoms with van der Waals surface area (Å²) in [5.41, 5.74) is 1.93. The minimum Gasteiger partial charge on any atom is -0.490 e. The van der Waals surface area contributed by atoms with Crippen molar-refractivity contribution < 1.29 is 18.7 Å². The molecular formula is C23H27N3O4S. The molecule has 8 heteroatoms. The molecule has 1 heterocycles. The summed E-state index contributed by atoms with van der Waals surface area (Å²) in [7, 11) is 0. The van der Waals surface area contributed by atoms with Crippen LogP contribution in [0.2, 0.25) is 0 Å². The molecule has 0 saturated carbocycles. The summed E-state index contributed by atoms with van der Waals surface area (Å²) in [6.07, 6.45) is 1.14. The van der Waals surface area contributed by atoms with Gasteiger partial charge in [0.15, 0.2) is 11.5 Å². The van der Waals surface area contributed by atoms with Crippen molar-refractivity contribution >= 4 is 23.7 Å². The molecule has 0 aliphatic rings. The Morgan fingerprint density at radius 1 is 1.03 bits per heavy atom. The van der Waals surface area contributed by atoms with Crippen LogP contribution in [-0.4, -0.2) is 35.1 Å². The fourth-order valence-corrected chi connectivity index (χ4v) is 3.67. The van der Waals surface area contributed by atoms with Gasteiger partial charge in [0.2, 0.25) is 11.8 Å². The third-order valence-corrected chi connectivity index (χ3v) is 5.40. The van der Waals surface area contributed by atoms with Crippen LogP contribution in [0.4, 0.5) is 6.01 Å². The lowest BCUT2D eigenvalue weighted by molar-refractivity contribution is -0.116. The molecule has 2 aromatic carbocycles. The Morgan fingerprint density at radius 2 is 1.77 bits per heavy atom. The molecule has 7 nitrogen and oxygen atoms in total. The highest BCUT2D eigenvalue weighted by molar-refractivity contribution is 7.99. The monoisotopic (exact) mass is 441 g/mol. The molecule has 1 amide bonds. The zero-order chi connectivity index (χ0) is 22.1.